The van der Waals surface area contributed by atoms with E-state index in [-0.39, 0.29) is 0 Å². The second-order valence-electron chi connectivity index (χ2n) is 2.21. The highest BCUT2D eigenvalue weighted by Crippen LogP contribution is 2.11. The second-order valence-corrected chi connectivity index (χ2v) is 2.92. The zero-order valence-electron chi connectivity index (χ0n) is 5.94. The van der Waals surface area contributed by atoms with Crippen molar-refractivity contribution in [2.24, 2.45) is 0 Å². The quantitative estimate of drug-likeness (QED) is 0.543. The van der Waals surface area contributed by atoms with Gasteiger partial charge in [-0.05, 0) is 22.0 Å². The normalized spacial score (nSPS) is 10.4. The number of fused-ring (bicyclic) bond motifs is 1. The van der Waals surface area contributed by atoms with Crippen LogP contribution in [0.15, 0.2) is 23.2 Å². The molecule has 0 aliphatic rings. The molecule has 0 atom stereocenters. The van der Waals surface area contributed by atoms with Crippen LogP contribution in [0.3, 0.4) is 0 Å². The molecule has 0 radical (unpaired) electrons. The van der Waals surface area contributed by atoms with Gasteiger partial charge in [0.2, 0.25) is 0 Å². The molecule has 0 fully saturated rings. The molecule has 0 unspecified atom stereocenters. The van der Waals surface area contributed by atoms with E-state index in [0.717, 1.165) is 6.29 Å². The molecule has 2 aromatic heterocycles. The molecule has 0 N–H and O–H groups in total. The van der Waals surface area contributed by atoms with Crippen LogP contribution in [0.25, 0.3) is 5.65 Å². The van der Waals surface area contributed by atoms with Gasteiger partial charge in [0.25, 0.3) is 0 Å². The number of nitrogens with zero attached hydrogens (tertiary/aromatic N) is 3. The van der Waals surface area contributed by atoms with Gasteiger partial charge in [-0.15, -0.1) is 0 Å². The molecule has 0 bridgehead atoms. The maximum atomic E-state index is 10.5. The summed E-state index contributed by atoms with van der Waals surface area (Å²) in [6, 6.07) is 1.73. The van der Waals surface area contributed by atoms with E-state index in [2.05, 4.69) is 25.9 Å². The molecule has 2 aromatic rings. The Balaban J connectivity index is 2.91. The predicted octanol–water partition coefficient (Wildman–Crippen LogP) is 1.30. The lowest BCUT2D eigenvalue weighted by atomic mass is 10.5. The third-order valence-electron chi connectivity index (χ3n) is 1.53. The minimum absolute atomic E-state index is 0.491. The fourth-order valence-corrected chi connectivity index (χ4v) is 1.51. The van der Waals surface area contributed by atoms with Crippen molar-refractivity contribution in [1.82, 2.24) is 14.4 Å². The third-order valence-corrected chi connectivity index (χ3v) is 2.09. The van der Waals surface area contributed by atoms with Crippen molar-refractivity contribution in [1.29, 1.82) is 0 Å². The molecule has 4 nitrogen and oxygen atoms in total. The molecule has 0 amide bonds. The van der Waals surface area contributed by atoms with Crippen LogP contribution in [0.1, 0.15) is 10.5 Å². The maximum absolute atomic E-state index is 10.5. The van der Waals surface area contributed by atoms with Gasteiger partial charge in [0.05, 0.1) is 6.20 Å². The fraction of sp³-hybridized carbons (Fsp3) is 0. The van der Waals surface area contributed by atoms with E-state index in [1.165, 1.54) is 6.20 Å². The number of carbonyl (C=O) groups is 1. The van der Waals surface area contributed by atoms with E-state index in [0.29, 0.717) is 16.1 Å². The van der Waals surface area contributed by atoms with Gasteiger partial charge in [0, 0.05) is 6.20 Å². The average molecular weight is 226 g/mol. The number of carbonyl (C=O) groups excluding carboxylic acids is 1. The van der Waals surface area contributed by atoms with Gasteiger partial charge in [-0.3, -0.25) is 9.20 Å². The monoisotopic (exact) mass is 225 g/mol. The van der Waals surface area contributed by atoms with E-state index in [4.69, 9.17) is 0 Å². The highest BCUT2D eigenvalue weighted by molar-refractivity contribution is 9.10. The number of hydrogen-bond acceptors (Lipinski definition) is 3. The second kappa shape index (κ2) is 2.67. The molecular formula is C7H4BrN3O. The van der Waals surface area contributed by atoms with Gasteiger partial charge < -0.3 is 0 Å². The van der Waals surface area contributed by atoms with Crippen molar-refractivity contribution in [3.8, 4) is 0 Å². The van der Waals surface area contributed by atoms with Crippen molar-refractivity contribution >= 4 is 27.9 Å². The lowest BCUT2D eigenvalue weighted by molar-refractivity contribution is 0.111. The summed E-state index contributed by atoms with van der Waals surface area (Å²) in [6.07, 6.45) is 3.88. The van der Waals surface area contributed by atoms with Crippen LogP contribution < -0.4 is 0 Å². The van der Waals surface area contributed by atoms with Gasteiger partial charge in [0.15, 0.2) is 11.0 Å². The van der Waals surface area contributed by atoms with Crippen LogP contribution in [0.5, 0.6) is 0 Å². The van der Waals surface area contributed by atoms with Crippen molar-refractivity contribution in [2.75, 3.05) is 0 Å². The van der Waals surface area contributed by atoms with E-state index in [1.807, 2.05) is 0 Å². The van der Waals surface area contributed by atoms with Crippen molar-refractivity contribution < 1.29 is 4.79 Å². The van der Waals surface area contributed by atoms with Crippen LogP contribution in [-0.2, 0) is 0 Å². The Morgan fingerprint density at radius 3 is 3.08 bits per heavy atom. The molecule has 60 valence electrons. The van der Waals surface area contributed by atoms with Gasteiger partial charge in [-0.2, -0.15) is 0 Å². The first-order valence-corrected chi connectivity index (χ1v) is 4.05. The summed E-state index contributed by atoms with van der Waals surface area (Å²) in [5, 5.41) is 0. The SMILES string of the molecule is O=Cc1cnc2ccnc(Br)n12. The summed E-state index contributed by atoms with van der Waals surface area (Å²) in [4.78, 5) is 18.5. The molecule has 0 saturated heterocycles. The number of hydrogen-bond donors (Lipinski definition) is 0. The Labute approximate surface area is 76.4 Å². The first kappa shape index (κ1) is 7.42. The highest BCUT2D eigenvalue weighted by Gasteiger charge is 2.04. The largest absolute Gasteiger partial charge is 0.296 e. The van der Waals surface area contributed by atoms with Gasteiger partial charge in [-0.25, -0.2) is 9.97 Å². The Kier molecular flexibility index (Phi) is 1.65. The lowest BCUT2D eigenvalue weighted by Gasteiger charge is -1.96. The molecule has 0 saturated carbocycles. The Morgan fingerprint density at radius 2 is 2.33 bits per heavy atom. The molecule has 0 aliphatic carbocycles. The minimum atomic E-state index is 0.491. The van der Waals surface area contributed by atoms with Gasteiger partial charge >= 0.3 is 0 Å². The number of rotatable bonds is 1. The predicted molar refractivity (Wildman–Crippen MR) is 46.1 cm³/mol. The van der Waals surface area contributed by atoms with Crippen LogP contribution in [0.4, 0.5) is 0 Å². The lowest BCUT2D eigenvalue weighted by Crippen LogP contribution is -1.94. The fourth-order valence-electron chi connectivity index (χ4n) is 1.00. The summed E-state index contributed by atoms with van der Waals surface area (Å²) in [5.74, 6) is 0. The summed E-state index contributed by atoms with van der Waals surface area (Å²) < 4.78 is 2.21. The number of imidazole rings is 1. The Morgan fingerprint density at radius 1 is 1.50 bits per heavy atom. The van der Waals surface area contributed by atoms with E-state index in [9.17, 15) is 4.79 Å². The molecule has 0 spiro atoms. The summed E-state index contributed by atoms with van der Waals surface area (Å²) in [7, 11) is 0. The summed E-state index contributed by atoms with van der Waals surface area (Å²) in [6.45, 7) is 0. The number of halogens is 1. The van der Waals surface area contributed by atoms with Crippen molar-refractivity contribution in [2.45, 2.75) is 0 Å². The average Bonchev–Trinajstić information content (AvgIpc) is 2.49. The first-order chi connectivity index (χ1) is 5.83. The highest BCUT2D eigenvalue weighted by atomic mass is 79.9. The standard InChI is InChI=1S/C7H4BrN3O/c8-7-9-2-1-6-10-3-5(4-12)11(6)7/h1-4H. The molecule has 0 aromatic carbocycles. The Hall–Kier alpha value is -1.23. The zero-order valence-corrected chi connectivity index (χ0v) is 7.52. The molecular weight excluding hydrogens is 222 g/mol. The van der Waals surface area contributed by atoms with Crippen LogP contribution >= 0.6 is 15.9 Å². The number of aldehydes is 1. The number of aromatic nitrogens is 3. The van der Waals surface area contributed by atoms with Gasteiger partial charge in [-0.1, -0.05) is 0 Å². The zero-order chi connectivity index (χ0) is 8.55. The van der Waals surface area contributed by atoms with Crippen molar-refractivity contribution in [3.63, 3.8) is 0 Å². The van der Waals surface area contributed by atoms with E-state index in [1.54, 1.807) is 16.7 Å². The van der Waals surface area contributed by atoms with Crippen molar-refractivity contribution in [3.05, 3.63) is 28.9 Å². The van der Waals surface area contributed by atoms with Gasteiger partial charge in [0.1, 0.15) is 11.3 Å². The van der Waals surface area contributed by atoms with Crippen LogP contribution in [-0.4, -0.2) is 20.7 Å². The summed E-state index contributed by atoms with van der Waals surface area (Å²) in [5.41, 5.74) is 1.20. The smallest absolute Gasteiger partial charge is 0.183 e. The molecule has 0 aliphatic heterocycles. The minimum Gasteiger partial charge on any atom is -0.296 e. The maximum Gasteiger partial charge on any atom is 0.183 e. The topological polar surface area (TPSA) is 47.3 Å². The molecule has 5 heteroatoms. The molecule has 12 heavy (non-hydrogen) atoms. The molecule has 2 rings (SSSR count). The third kappa shape index (κ3) is 0.937. The van der Waals surface area contributed by atoms with E-state index < -0.39 is 0 Å². The van der Waals surface area contributed by atoms with Crippen LogP contribution in [0.2, 0.25) is 0 Å². The summed E-state index contributed by atoms with van der Waals surface area (Å²) >= 11 is 3.22. The molecule has 2 heterocycles. The Bertz CT molecular complexity index is 437. The van der Waals surface area contributed by atoms with Crippen LogP contribution in [0, 0.1) is 0 Å². The van der Waals surface area contributed by atoms with E-state index >= 15 is 0 Å². The first-order valence-electron chi connectivity index (χ1n) is 3.26.